The van der Waals surface area contributed by atoms with Crippen LogP contribution in [0.2, 0.25) is 0 Å². The number of hydrogen-bond donors (Lipinski definition) is 1. The van der Waals surface area contributed by atoms with Gasteiger partial charge in [-0.15, -0.1) is 11.3 Å². The zero-order chi connectivity index (χ0) is 11.6. The summed E-state index contributed by atoms with van der Waals surface area (Å²) in [7, 11) is 0. The Morgan fingerprint density at radius 1 is 1.47 bits per heavy atom. The number of rotatable bonds is 3. The topological polar surface area (TPSA) is 29.1 Å². The van der Waals surface area contributed by atoms with E-state index in [2.05, 4.69) is 41.2 Å². The van der Waals surface area contributed by atoms with E-state index in [0.29, 0.717) is 0 Å². The lowest BCUT2D eigenvalue weighted by molar-refractivity contribution is -0.120. The zero-order valence-corrected chi connectivity index (χ0v) is 11.8. The third-order valence-corrected chi connectivity index (χ3v) is 3.66. The van der Waals surface area contributed by atoms with Crippen molar-refractivity contribution in [2.75, 3.05) is 0 Å². The van der Waals surface area contributed by atoms with Crippen molar-refractivity contribution >= 4 is 33.2 Å². The molecule has 0 fully saturated rings. The molecule has 0 aliphatic rings. The number of hydrogen-bond acceptors (Lipinski definition) is 2. The quantitative estimate of drug-likeness (QED) is 0.850. The van der Waals surface area contributed by atoms with Gasteiger partial charge < -0.3 is 5.32 Å². The van der Waals surface area contributed by atoms with Crippen LogP contribution in [0.4, 0.5) is 0 Å². The fourth-order valence-electron chi connectivity index (χ4n) is 1.49. The van der Waals surface area contributed by atoms with Gasteiger partial charge in [0.2, 0.25) is 5.91 Å². The molecule has 2 atom stereocenters. The summed E-state index contributed by atoms with van der Waals surface area (Å²) in [4.78, 5) is 13.9. The van der Waals surface area contributed by atoms with Crippen LogP contribution in [0.1, 0.15) is 35.2 Å². The Kier molecular flexibility index (Phi) is 4.34. The van der Waals surface area contributed by atoms with E-state index in [1.165, 1.54) is 15.3 Å². The van der Waals surface area contributed by atoms with Crippen LogP contribution in [0.25, 0.3) is 0 Å². The van der Waals surface area contributed by atoms with Crippen molar-refractivity contribution in [3.05, 3.63) is 21.4 Å². The number of carbonyl (C=O) groups is 1. The highest BCUT2D eigenvalue weighted by atomic mass is 79.9. The van der Waals surface area contributed by atoms with Gasteiger partial charge in [0.15, 0.2) is 0 Å². The highest BCUT2D eigenvalue weighted by Gasteiger charge is 2.16. The monoisotopic (exact) mass is 289 g/mol. The van der Waals surface area contributed by atoms with Crippen LogP contribution < -0.4 is 5.32 Å². The molecule has 1 aromatic heterocycles. The standard InChI is InChI=1S/C11H16BrNOS/c1-6-5-10(9(4)15-6)8(3)13-11(14)7(2)12/h5,7-8H,1-4H3,(H,13,14). The number of halogens is 1. The maximum absolute atomic E-state index is 11.5. The fraction of sp³-hybridized carbons (Fsp3) is 0.545. The van der Waals surface area contributed by atoms with E-state index in [1.807, 2.05) is 13.8 Å². The zero-order valence-electron chi connectivity index (χ0n) is 9.43. The molecule has 4 heteroatoms. The molecule has 0 aliphatic heterocycles. The first-order valence-electron chi connectivity index (χ1n) is 4.93. The molecule has 0 saturated carbocycles. The Labute approximate surface area is 103 Å². The maximum Gasteiger partial charge on any atom is 0.233 e. The summed E-state index contributed by atoms with van der Waals surface area (Å²) < 4.78 is 0. The molecule has 1 N–H and O–H groups in total. The number of amides is 1. The highest BCUT2D eigenvalue weighted by Crippen LogP contribution is 2.26. The van der Waals surface area contributed by atoms with Gasteiger partial charge in [0.25, 0.3) is 0 Å². The number of nitrogens with one attached hydrogen (secondary N) is 1. The predicted octanol–water partition coefficient (Wildman–Crippen LogP) is 3.33. The van der Waals surface area contributed by atoms with E-state index in [1.54, 1.807) is 11.3 Å². The lowest BCUT2D eigenvalue weighted by Gasteiger charge is -2.14. The summed E-state index contributed by atoms with van der Waals surface area (Å²) in [5, 5.41) is 2.97. The van der Waals surface area contributed by atoms with E-state index in [4.69, 9.17) is 0 Å². The number of alkyl halides is 1. The number of carbonyl (C=O) groups excluding carboxylic acids is 1. The summed E-state index contributed by atoms with van der Waals surface area (Å²) in [6.07, 6.45) is 0. The van der Waals surface area contributed by atoms with Crippen LogP contribution in [-0.2, 0) is 4.79 Å². The van der Waals surface area contributed by atoms with Crippen LogP contribution >= 0.6 is 27.3 Å². The van der Waals surface area contributed by atoms with E-state index >= 15 is 0 Å². The average molecular weight is 290 g/mol. The first-order chi connectivity index (χ1) is 6.91. The molecule has 1 heterocycles. The Bertz CT molecular complexity index is 359. The molecule has 1 amide bonds. The van der Waals surface area contributed by atoms with E-state index in [9.17, 15) is 4.79 Å². The van der Waals surface area contributed by atoms with E-state index in [-0.39, 0.29) is 16.8 Å². The van der Waals surface area contributed by atoms with Crippen molar-refractivity contribution in [3.8, 4) is 0 Å². The third kappa shape index (κ3) is 3.31. The van der Waals surface area contributed by atoms with Gasteiger partial charge in [0.05, 0.1) is 10.9 Å². The summed E-state index contributed by atoms with van der Waals surface area (Å²) in [5.41, 5.74) is 1.22. The van der Waals surface area contributed by atoms with Gasteiger partial charge in [-0.25, -0.2) is 0 Å². The van der Waals surface area contributed by atoms with Crippen molar-refractivity contribution in [3.63, 3.8) is 0 Å². The van der Waals surface area contributed by atoms with Gasteiger partial charge in [-0.1, -0.05) is 15.9 Å². The van der Waals surface area contributed by atoms with Crippen molar-refractivity contribution in [1.29, 1.82) is 0 Å². The summed E-state index contributed by atoms with van der Waals surface area (Å²) >= 11 is 5.03. The maximum atomic E-state index is 11.5. The second-order valence-corrected chi connectivity index (χ2v) is 6.55. The Hall–Kier alpha value is -0.350. The summed E-state index contributed by atoms with van der Waals surface area (Å²) in [5.74, 6) is 0.0331. The third-order valence-electron chi connectivity index (χ3n) is 2.27. The fourth-order valence-corrected chi connectivity index (χ4v) is 2.64. The lowest BCUT2D eigenvalue weighted by Crippen LogP contribution is -2.31. The highest BCUT2D eigenvalue weighted by molar-refractivity contribution is 9.10. The molecular weight excluding hydrogens is 274 g/mol. The normalized spacial score (nSPS) is 14.7. The largest absolute Gasteiger partial charge is 0.349 e. The van der Waals surface area contributed by atoms with Gasteiger partial charge in [0.1, 0.15) is 0 Å². The minimum atomic E-state index is -0.139. The smallest absolute Gasteiger partial charge is 0.233 e. The van der Waals surface area contributed by atoms with Gasteiger partial charge in [-0.05, 0) is 39.3 Å². The van der Waals surface area contributed by atoms with Crippen LogP contribution in [0, 0.1) is 13.8 Å². The number of aryl methyl sites for hydroxylation is 2. The van der Waals surface area contributed by atoms with Crippen molar-refractivity contribution < 1.29 is 4.79 Å². The van der Waals surface area contributed by atoms with E-state index < -0.39 is 0 Å². The molecule has 0 saturated heterocycles. The van der Waals surface area contributed by atoms with Crippen molar-refractivity contribution in [1.82, 2.24) is 5.32 Å². The van der Waals surface area contributed by atoms with Gasteiger partial charge in [0, 0.05) is 9.75 Å². The molecule has 2 nitrogen and oxygen atoms in total. The Balaban J connectivity index is 2.73. The summed E-state index contributed by atoms with van der Waals surface area (Å²) in [6.45, 7) is 8.02. The molecule has 84 valence electrons. The van der Waals surface area contributed by atoms with Crippen molar-refractivity contribution in [2.24, 2.45) is 0 Å². The molecule has 0 radical (unpaired) electrons. The molecule has 0 bridgehead atoms. The average Bonchev–Trinajstić information content (AvgIpc) is 2.44. The van der Waals surface area contributed by atoms with Crippen LogP contribution in [-0.4, -0.2) is 10.7 Å². The molecule has 1 rings (SSSR count). The predicted molar refractivity (Wildman–Crippen MR) is 68.7 cm³/mol. The first kappa shape index (κ1) is 12.7. The van der Waals surface area contributed by atoms with Gasteiger partial charge >= 0.3 is 0 Å². The molecule has 0 spiro atoms. The van der Waals surface area contributed by atoms with Crippen LogP contribution in [0.5, 0.6) is 0 Å². The Morgan fingerprint density at radius 2 is 2.07 bits per heavy atom. The molecular formula is C11H16BrNOS. The first-order valence-corrected chi connectivity index (χ1v) is 6.66. The minimum absolute atomic E-state index is 0.0331. The second-order valence-electron chi connectivity index (χ2n) is 3.71. The molecule has 2 unspecified atom stereocenters. The van der Waals surface area contributed by atoms with Gasteiger partial charge in [-0.3, -0.25) is 4.79 Å². The summed E-state index contributed by atoms with van der Waals surface area (Å²) in [6, 6.07) is 2.23. The van der Waals surface area contributed by atoms with Crippen LogP contribution in [0.3, 0.4) is 0 Å². The SMILES string of the molecule is Cc1cc(C(C)NC(=O)C(C)Br)c(C)s1. The van der Waals surface area contributed by atoms with Crippen molar-refractivity contribution in [2.45, 2.75) is 38.6 Å². The van der Waals surface area contributed by atoms with Crippen LogP contribution in [0.15, 0.2) is 6.07 Å². The molecule has 0 aromatic carbocycles. The Morgan fingerprint density at radius 3 is 2.47 bits per heavy atom. The molecule has 0 aliphatic carbocycles. The van der Waals surface area contributed by atoms with Gasteiger partial charge in [-0.2, -0.15) is 0 Å². The molecule has 1 aromatic rings. The molecule has 15 heavy (non-hydrogen) atoms. The van der Waals surface area contributed by atoms with E-state index in [0.717, 1.165) is 0 Å². The second kappa shape index (κ2) is 5.12. The number of thiophene rings is 1. The lowest BCUT2D eigenvalue weighted by atomic mass is 10.1. The minimum Gasteiger partial charge on any atom is -0.349 e.